The number of amides is 1. The van der Waals surface area contributed by atoms with Crippen LogP contribution in [0.15, 0.2) is 54.6 Å². The molecule has 0 aliphatic heterocycles. The molecule has 0 saturated carbocycles. The largest absolute Gasteiger partial charge is 0.497 e. The third-order valence-corrected chi connectivity index (χ3v) is 4.90. The van der Waals surface area contributed by atoms with Crippen molar-refractivity contribution in [2.45, 2.75) is 26.4 Å². The first kappa shape index (κ1) is 24.1. The van der Waals surface area contributed by atoms with Gasteiger partial charge in [0.25, 0.3) is 5.91 Å². The summed E-state index contributed by atoms with van der Waals surface area (Å²) >= 11 is 5.89. The van der Waals surface area contributed by atoms with E-state index in [0.717, 1.165) is 17.1 Å². The molecule has 2 aromatic carbocycles. The predicted octanol–water partition coefficient (Wildman–Crippen LogP) is 4.58. The highest BCUT2D eigenvalue weighted by Crippen LogP contribution is 2.21. The number of carbonyl (C=O) groups is 1. The minimum absolute atomic E-state index is 0.230. The number of hydrogen-bond donors (Lipinski definition) is 3. The Bertz CT molecular complexity index is 1070. The van der Waals surface area contributed by atoms with Crippen molar-refractivity contribution in [1.82, 2.24) is 15.3 Å². The Labute approximate surface area is 198 Å². The number of anilines is 3. The van der Waals surface area contributed by atoms with Crippen LogP contribution in [0.25, 0.3) is 0 Å². The van der Waals surface area contributed by atoms with Crippen molar-refractivity contribution in [3.05, 3.63) is 65.3 Å². The molecule has 33 heavy (non-hydrogen) atoms. The van der Waals surface area contributed by atoms with Crippen LogP contribution in [-0.2, 0) is 4.79 Å². The fourth-order valence-electron chi connectivity index (χ4n) is 2.94. The van der Waals surface area contributed by atoms with Gasteiger partial charge in [-0.15, -0.1) is 0 Å². The van der Waals surface area contributed by atoms with E-state index >= 15 is 0 Å². The monoisotopic (exact) mass is 469 g/mol. The molecule has 0 bridgehead atoms. The van der Waals surface area contributed by atoms with Gasteiger partial charge < -0.3 is 25.4 Å². The SMILES string of the molecule is COc1ccc(Nc2cc(C)nc(NCCNC(=O)C(C)(C)Oc3ccc(Cl)cc3)n2)cc1. The van der Waals surface area contributed by atoms with Gasteiger partial charge in [0.1, 0.15) is 17.3 Å². The first-order chi connectivity index (χ1) is 15.7. The molecule has 0 aliphatic carbocycles. The number of methoxy groups -OCH3 is 1. The van der Waals surface area contributed by atoms with E-state index in [1.54, 1.807) is 45.2 Å². The Morgan fingerprint density at radius 1 is 1.00 bits per heavy atom. The van der Waals surface area contributed by atoms with E-state index in [1.807, 2.05) is 37.3 Å². The molecule has 174 valence electrons. The lowest BCUT2D eigenvalue weighted by molar-refractivity contribution is -0.134. The van der Waals surface area contributed by atoms with Crippen molar-refractivity contribution >= 4 is 35.0 Å². The molecule has 0 radical (unpaired) electrons. The van der Waals surface area contributed by atoms with Gasteiger partial charge in [0.05, 0.1) is 7.11 Å². The van der Waals surface area contributed by atoms with Crippen LogP contribution in [0.4, 0.5) is 17.5 Å². The fourth-order valence-corrected chi connectivity index (χ4v) is 3.07. The third kappa shape index (κ3) is 7.25. The molecule has 0 atom stereocenters. The van der Waals surface area contributed by atoms with E-state index in [1.165, 1.54) is 0 Å². The smallest absolute Gasteiger partial charge is 0.263 e. The molecule has 9 heteroatoms. The molecule has 0 spiro atoms. The van der Waals surface area contributed by atoms with E-state index in [2.05, 4.69) is 25.9 Å². The first-order valence-electron chi connectivity index (χ1n) is 10.5. The van der Waals surface area contributed by atoms with Crippen molar-refractivity contribution in [3.63, 3.8) is 0 Å². The predicted molar refractivity (Wildman–Crippen MR) is 131 cm³/mol. The highest BCUT2D eigenvalue weighted by atomic mass is 35.5. The van der Waals surface area contributed by atoms with Crippen molar-refractivity contribution in [3.8, 4) is 11.5 Å². The van der Waals surface area contributed by atoms with E-state index < -0.39 is 5.60 Å². The zero-order chi connectivity index (χ0) is 23.8. The van der Waals surface area contributed by atoms with Crippen LogP contribution in [0.1, 0.15) is 19.5 Å². The molecule has 0 aliphatic rings. The van der Waals surface area contributed by atoms with E-state index in [9.17, 15) is 4.79 Å². The number of rotatable bonds is 10. The molecule has 8 nitrogen and oxygen atoms in total. The standard InChI is InChI=1S/C24H28ClN5O3/c1-16-15-21(29-18-7-11-19(32-4)12-8-18)30-23(28-16)27-14-13-26-22(31)24(2,3)33-20-9-5-17(25)6-10-20/h5-12,15H,13-14H2,1-4H3,(H,26,31)(H2,27,28,29,30). The Kier molecular flexibility index (Phi) is 7.95. The number of aromatic nitrogens is 2. The maximum absolute atomic E-state index is 12.6. The summed E-state index contributed by atoms with van der Waals surface area (Å²) in [6.07, 6.45) is 0. The second-order valence-electron chi connectivity index (χ2n) is 7.82. The van der Waals surface area contributed by atoms with Crippen molar-refractivity contribution < 1.29 is 14.3 Å². The third-order valence-electron chi connectivity index (χ3n) is 4.64. The first-order valence-corrected chi connectivity index (χ1v) is 10.9. The molecule has 0 saturated heterocycles. The minimum Gasteiger partial charge on any atom is -0.497 e. The lowest BCUT2D eigenvalue weighted by Crippen LogP contribution is -2.47. The Morgan fingerprint density at radius 2 is 1.67 bits per heavy atom. The molecule has 0 fully saturated rings. The van der Waals surface area contributed by atoms with Crippen LogP contribution in [0.5, 0.6) is 11.5 Å². The van der Waals surface area contributed by atoms with Crippen LogP contribution in [0.2, 0.25) is 5.02 Å². The zero-order valence-electron chi connectivity index (χ0n) is 19.1. The quantitative estimate of drug-likeness (QED) is 0.374. The molecule has 1 heterocycles. The molecule has 3 N–H and O–H groups in total. The second-order valence-corrected chi connectivity index (χ2v) is 8.26. The maximum Gasteiger partial charge on any atom is 0.263 e. The van der Waals surface area contributed by atoms with Gasteiger partial charge in [-0.1, -0.05) is 11.6 Å². The van der Waals surface area contributed by atoms with Crippen LogP contribution < -0.4 is 25.4 Å². The molecular formula is C24H28ClN5O3. The van der Waals surface area contributed by atoms with Gasteiger partial charge in [-0.25, -0.2) is 4.98 Å². The van der Waals surface area contributed by atoms with Gasteiger partial charge in [0.2, 0.25) is 5.95 Å². The number of hydrogen-bond acceptors (Lipinski definition) is 7. The van der Waals surface area contributed by atoms with Gasteiger partial charge in [0.15, 0.2) is 5.60 Å². The van der Waals surface area contributed by atoms with Gasteiger partial charge in [0, 0.05) is 35.6 Å². The summed E-state index contributed by atoms with van der Waals surface area (Å²) in [4.78, 5) is 21.5. The topological polar surface area (TPSA) is 97.4 Å². The number of nitrogens with one attached hydrogen (secondary N) is 3. The molecule has 3 rings (SSSR count). The van der Waals surface area contributed by atoms with Crippen molar-refractivity contribution in [2.24, 2.45) is 0 Å². The summed E-state index contributed by atoms with van der Waals surface area (Å²) in [5.41, 5.74) is 0.656. The maximum atomic E-state index is 12.6. The number of carbonyl (C=O) groups excluding carboxylic acids is 1. The minimum atomic E-state index is -1.04. The lowest BCUT2D eigenvalue weighted by atomic mass is 10.1. The van der Waals surface area contributed by atoms with Gasteiger partial charge in [-0.05, 0) is 69.3 Å². The van der Waals surface area contributed by atoms with Crippen molar-refractivity contribution in [2.75, 3.05) is 30.8 Å². The van der Waals surface area contributed by atoms with E-state index in [0.29, 0.717) is 35.6 Å². The van der Waals surface area contributed by atoms with E-state index in [-0.39, 0.29) is 5.91 Å². The number of ether oxygens (including phenoxy) is 2. The Hall–Kier alpha value is -3.52. The Balaban J connectivity index is 1.50. The highest BCUT2D eigenvalue weighted by molar-refractivity contribution is 6.30. The number of aryl methyl sites for hydroxylation is 1. The average Bonchev–Trinajstić information content (AvgIpc) is 2.78. The second kappa shape index (κ2) is 10.9. The van der Waals surface area contributed by atoms with Crippen LogP contribution in [0, 0.1) is 6.92 Å². The summed E-state index contributed by atoms with van der Waals surface area (Å²) in [6, 6.07) is 16.3. The molecule has 0 unspecified atom stereocenters. The molecule has 1 amide bonds. The molecule has 1 aromatic heterocycles. The number of nitrogens with zero attached hydrogens (tertiary/aromatic N) is 2. The van der Waals surface area contributed by atoms with Crippen LogP contribution in [0.3, 0.4) is 0 Å². The van der Waals surface area contributed by atoms with Crippen LogP contribution in [-0.4, -0.2) is 41.7 Å². The van der Waals surface area contributed by atoms with E-state index in [4.69, 9.17) is 21.1 Å². The lowest BCUT2D eigenvalue weighted by Gasteiger charge is -2.25. The fraction of sp³-hybridized carbons (Fsp3) is 0.292. The number of benzene rings is 2. The normalized spacial score (nSPS) is 10.9. The van der Waals surface area contributed by atoms with Gasteiger partial charge >= 0.3 is 0 Å². The summed E-state index contributed by atoms with van der Waals surface area (Å²) in [5.74, 6) is 2.26. The summed E-state index contributed by atoms with van der Waals surface area (Å²) in [6.45, 7) is 6.15. The molecule has 3 aromatic rings. The molecular weight excluding hydrogens is 442 g/mol. The highest BCUT2D eigenvalue weighted by Gasteiger charge is 2.29. The average molecular weight is 470 g/mol. The Morgan fingerprint density at radius 3 is 2.33 bits per heavy atom. The zero-order valence-corrected chi connectivity index (χ0v) is 19.9. The number of halogens is 1. The van der Waals surface area contributed by atoms with Gasteiger partial charge in [-0.2, -0.15) is 4.98 Å². The van der Waals surface area contributed by atoms with Crippen LogP contribution >= 0.6 is 11.6 Å². The van der Waals surface area contributed by atoms with Gasteiger partial charge in [-0.3, -0.25) is 4.79 Å². The van der Waals surface area contributed by atoms with Crippen molar-refractivity contribution in [1.29, 1.82) is 0 Å². The summed E-state index contributed by atoms with van der Waals surface area (Å²) in [7, 11) is 1.63. The summed E-state index contributed by atoms with van der Waals surface area (Å²) < 4.78 is 11.0. The summed E-state index contributed by atoms with van der Waals surface area (Å²) in [5, 5.41) is 9.87.